The van der Waals surface area contributed by atoms with Gasteiger partial charge in [-0.1, -0.05) is 44.2 Å². The fourth-order valence-electron chi connectivity index (χ4n) is 5.17. The Morgan fingerprint density at radius 3 is 2.38 bits per heavy atom. The van der Waals surface area contributed by atoms with E-state index in [1.807, 2.05) is 31.2 Å². The zero-order chi connectivity index (χ0) is 20.5. The minimum Gasteiger partial charge on any atom is -0.462 e. The summed E-state index contributed by atoms with van der Waals surface area (Å²) in [7, 11) is 0. The molecule has 1 saturated carbocycles. The van der Waals surface area contributed by atoms with E-state index in [9.17, 15) is 4.79 Å². The van der Waals surface area contributed by atoms with Crippen LogP contribution in [0.15, 0.2) is 36.4 Å². The molecule has 2 atom stereocenters. The molecule has 2 aliphatic rings. The van der Waals surface area contributed by atoms with Crippen LogP contribution >= 0.6 is 0 Å². The summed E-state index contributed by atoms with van der Waals surface area (Å²) in [6.45, 7) is 9.05. The van der Waals surface area contributed by atoms with Crippen molar-refractivity contribution < 1.29 is 9.53 Å². The van der Waals surface area contributed by atoms with E-state index in [0.717, 1.165) is 23.8 Å². The van der Waals surface area contributed by atoms with E-state index in [-0.39, 0.29) is 5.97 Å². The molecule has 2 aromatic carbocycles. The third kappa shape index (κ3) is 4.03. The summed E-state index contributed by atoms with van der Waals surface area (Å²) >= 11 is 0. The molecular weight excluding hydrogens is 356 g/mol. The van der Waals surface area contributed by atoms with E-state index in [4.69, 9.17) is 4.74 Å². The van der Waals surface area contributed by atoms with E-state index in [1.54, 1.807) is 11.1 Å². The molecule has 0 heterocycles. The molecule has 0 saturated heterocycles. The van der Waals surface area contributed by atoms with Crippen LogP contribution in [0.2, 0.25) is 0 Å². The number of carbonyl (C=O) groups excluding carboxylic acids is 1. The van der Waals surface area contributed by atoms with Crippen LogP contribution in [-0.2, 0) is 11.2 Å². The van der Waals surface area contributed by atoms with Crippen molar-refractivity contribution in [3.8, 4) is 0 Å². The molecule has 29 heavy (non-hydrogen) atoms. The first-order valence-electron chi connectivity index (χ1n) is 11.1. The molecule has 0 amide bonds. The van der Waals surface area contributed by atoms with Gasteiger partial charge in [-0.2, -0.15) is 0 Å². The molecule has 1 fully saturated rings. The van der Waals surface area contributed by atoms with Crippen molar-refractivity contribution in [3.05, 3.63) is 69.8 Å². The lowest BCUT2D eigenvalue weighted by Gasteiger charge is -2.21. The maximum atomic E-state index is 11.9. The Morgan fingerprint density at radius 1 is 1.10 bits per heavy atom. The molecule has 2 bridgehead atoms. The first kappa shape index (κ1) is 19.9. The second-order valence-corrected chi connectivity index (χ2v) is 9.11. The highest BCUT2D eigenvalue weighted by molar-refractivity contribution is 5.90. The van der Waals surface area contributed by atoms with E-state index < -0.39 is 0 Å². The van der Waals surface area contributed by atoms with Crippen LogP contribution in [0.25, 0.3) is 11.6 Å². The number of fused-ring (bicyclic) bond motifs is 5. The molecule has 2 unspecified atom stereocenters. The molecule has 4 rings (SSSR count). The van der Waals surface area contributed by atoms with Crippen molar-refractivity contribution in [2.24, 2.45) is 5.92 Å². The van der Waals surface area contributed by atoms with Crippen molar-refractivity contribution in [2.45, 2.75) is 65.2 Å². The van der Waals surface area contributed by atoms with Crippen LogP contribution in [0.5, 0.6) is 0 Å². The van der Waals surface area contributed by atoms with Crippen molar-refractivity contribution in [2.75, 3.05) is 6.61 Å². The van der Waals surface area contributed by atoms with Crippen molar-refractivity contribution >= 4 is 17.6 Å². The summed E-state index contributed by atoms with van der Waals surface area (Å²) in [5.41, 5.74) is 9.16. The third-order valence-electron chi connectivity index (χ3n) is 6.48. The predicted molar refractivity (Wildman–Crippen MR) is 120 cm³/mol. The number of esters is 1. The summed E-state index contributed by atoms with van der Waals surface area (Å²) in [6, 6.07) is 12.7. The lowest BCUT2D eigenvalue weighted by Crippen LogP contribution is -2.05. The van der Waals surface area contributed by atoms with Gasteiger partial charge >= 0.3 is 5.97 Å². The number of benzene rings is 2. The SMILES string of the molecule is CCOC(=O)c1ccc(/C=C(/C)c2cc3c(cc2CC(C)C)C2CCC3C2)cc1. The summed E-state index contributed by atoms with van der Waals surface area (Å²) in [6.07, 6.45) is 7.46. The van der Waals surface area contributed by atoms with Gasteiger partial charge in [0.05, 0.1) is 12.2 Å². The summed E-state index contributed by atoms with van der Waals surface area (Å²) in [5, 5.41) is 0. The molecule has 2 heteroatoms. The first-order valence-corrected chi connectivity index (χ1v) is 11.1. The maximum Gasteiger partial charge on any atom is 0.338 e. The molecule has 2 aliphatic carbocycles. The monoisotopic (exact) mass is 388 g/mol. The molecule has 2 nitrogen and oxygen atoms in total. The summed E-state index contributed by atoms with van der Waals surface area (Å²) in [4.78, 5) is 11.9. The Labute approximate surface area is 175 Å². The quantitative estimate of drug-likeness (QED) is 0.394. The second-order valence-electron chi connectivity index (χ2n) is 9.11. The lowest BCUT2D eigenvalue weighted by atomic mass is 9.84. The highest BCUT2D eigenvalue weighted by Crippen LogP contribution is 2.54. The molecule has 2 aromatic rings. The Morgan fingerprint density at radius 2 is 1.76 bits per heavy atom. The van der Waals surface area contributed by atoms with Crippen molar-refractivity contribution in [1.82, 2.24) is 0 Å². The molecule has 0 aliphatic heterocycles. The van der Waals surface area contributed by atoms with Crippen LogP contribution in [0.1, 0.15) is 97.0 Å². The van der Waals surface area contributed by atoms with Crippen LogP contribution in [0.4, 0.5) is 0 Å². The molecule has 0 radical (unpaired) electrons. The van der Waals surface area contributed by atoms with E-state index >= 15 is 0 Å². The Balaban J connectivity index is 1.66. The molecule has 152 valence electrons. The zero-order valence-electron chi connectivity index (χ0n) is 18.1. The van der Waals surface area contributed by atoms with Crippen molar-refractivity contribution in [1.29, 1.82) is 0 Å². The van der Waals surface area contributed by atoms with Gasteiger partial charge < -0.3 is 4.74 Å². The van der Waals surface area contributed by atoms with Crippen molar-refractivity contribution in [3.63, 3.8) is 0 Å². The van der Waals surface area contributed by atoms with Crippen LogP contribution in [0, 0.1) is 5.92 Å². The molecule has 0 N–H and O–H groups in total. The topological polar surface area (TPSA) is 26.3 Å². The minimum absolute atomic E-state index is 0.257. The van der Waals surface area contributed by atoms with Gasteiger partial charge in [-0.3, -0.25) is 0 Å². The highest BCUT2D eigenvalue weighted by atomic mass is 16.5. The standard InChI is InChI=1S/C27H32O2/c1-5-29-27(28)20-8-6-19(7-9-20)13-18(4)24-16-26-22-11-10-21(14-22)25(26)15-23(24)12-17(2)3/h6-9,13,15-17,21-22H,5,10-12,14H2,1-4H3/b18-13-. The Bertz CT molecular complexity index is 934. The fraction of sp³-hybridized carbons (Fsp3) is 0.444. The van der Waals surface area contributed by atoms with Gasteiger partial charge in [-0.15, -0.1) is 0 Å². The third-order valence-corrected chi connectivity index (χ3v) is 6.48. The van der Waals surface area contributed by atoms with Gasteiger partial charge in [0, 0.05) is 0 Å². The lowest BCUT2D eigenvalue weighted by molar-refractivity contribution is 0.0526. The van der Waals surface area contributed by atoms with E-state index in [2.05, 4.69) is 39.0 Å². The summed E-state index contributed by atoms with van der Waals surface area (Å²) in [5.74, 6) is 1.96. The maximum absolute atomic E-state index is 11.9. The first-order chi connectivity index (χ1) is 14.0. The van der Waals surface area contributed by atoms with Gasteiger partial charge in [-0.05, 0) is 103 Å². The van der Waals surface area contributed by atoms with E-state index in [1.165, 1.54) is 36.0 Å². The van der Waals surface area contributed by atoms with Gasteiger partial charge in [0.25, 0.3) is 0 Å². The molecular formula is C27H32O2. The second kappa shape index (κ2) is 8.18. The molecule has 0 aromatic heterocycles. The number of ether oxygens (including phenoxy) is 1. The van der Waals surface area contributed by atoms with Gasteiger partial charge in [0.2, 0.25) is 0 Å². The Hall–Kier alpha value is -2.35. The summed E-state index contributed by atoms with van der Waals surface area (Å²) < 4.78 is 5.08. The average Bonchev–Trinajstić information content (AvgIpc) is 3.30. The number of allylic oxidation sites excluding steroid dienone is 1. The highest BCUT2D eigenvalue weighted by Gasteiger charge is 2.37. The van der Waals surface area contributed by atoms with Gasteiger partial charge in [0.1, 0.15) is 0 Å². The van der Waals surface area contributed by atoms with Crippen LogP contribution in [-0.4, -0.2) is 12.6 Å². The number of hydrogen-bond donors (Lipinski definition) is 0. The number of rotatable bonds is 6. The minimum atomic E-state index is -0.257. The van der Waals surface area contributed by atoms with E-state index in [0.29, 0.717) is 18.1 Å². The predicted octanol–water partition coefficient (Wildman–Crippen LogP) is 6.99. The smallest absolute Gasteiger partial charge is 0.338 e. The Kier molecular flexibility index (Phi) is 5.63. The number of hydrogen-bond acceptors (Lipinski definition) is 2. The normalized spacial score (nSPS) is 20.2. The fourth-order valence-corrected chi connectivity index (χ4v) is 5.17. The molecule has 0 spiro atoms. The van der Waals surface area contributed by atoms with Crippen LogP contribution in [0.3, 0.4) is 0 Å². The van der Waals surface area contributed by atoms with Gasteiger partial charge in [-0.25, -0.2) is 4.79 Å². The average molecular weight is 389 g/mol. The van der Waals surface area contributed by atoms with Gasteiger partial charge in [0.15, 0.2) is 0 Å². The number of carbonyl (C=O) groups is 1. The largest absolute Gasteiger partial charge is 0.462 e. The van der Waals surface area contributed by atoms with Crippen LogP contribution < -0.4 is 0 Å². The zero-order valence-corrected chi connectivity index (χ0v) is 18.1.